The van der Waals surface area contributed by atoms with Crippen LogP contribution in [0.15, 0.2) is 4.99 Å². The molecule has 0 radical (unpaired) electrons. The van der Waals surface area contributed by atoms with Crippen molar-refractivity contribution in [3.8, 4) is 0 Å². The molecule has 2 rings (SSSR count). The summed E-state index contributed by atoms with van der Waals surface area (Å²) in [6.07, 6.45) is 3.09. The summed E-state index contributed by atoms with van der Waals surface area (Å²) in [6.45, 7) is 3.93. The molecule has 14 heavy (non-hydrogen) atoms. The van der Waals surface area contributed by atoms with Crippen molar-refractivity contribution >= 4 is 16.9 Å². The molecule has 0 amide bonds. The summed E-state index contributed by atoms with van der Waals surface area (Å²) in [4.78, 5) is 4.50. The fourth-order valence-corrected chi connectivity index (χ4v) is 2.73. The molecule has 1 heterocycles. The van der Waals surface area contributed by atoms with E-state index in [2.05, 4.69) is 17.2 Å². The van der Waals surface area contributed by atoms with Gasteiger partial charge in [-0.1, -0.05) is 11.8 Å². The van der Waals surface area contributed by atoms with Crippen LogP contribution in [0, 0.1) is 5.92 Å². The Morgan fingerprint density at radius 1 is 1.64 bits per heavy atom. The van der Waals surface area contributed by atoms with Crippen molar-refractivity contribution in [2.75, 3.05) is 20.2 Å². The van der Waals surface area contributed by atoms with Gasteiger partial charge in [0.05, 0.1) is 12.6 Å². The average molecular weight is 214 g/mol. The molecule has 1 saturated carbocycles. The van der Waals surface area contributed by atoms with Gasteiger partial charge in [-0.15, -0.1) is 0 Å². The van der Waals surface area contributed by atoms with E-state index in [0.29, 0.717) is 0 Å². The van der Waals surface area contributed by atoms with Gasteiger partial charge in [0.25, 0.3) is 0 Å². The van der Waals surface area contributed by atoms with Crippen molar-refractivity contribution in [3.05, 3.63) is 0 Å². The smallest absolute Gasteiger partial charge is 0.157 e. The molecule has 0 spiro atoms. The van der Waals surface area contributed by atoms with E-state index in [1.165, 1.54) is 12.8 Å². The van der Waals surface area contributed by atoms with Crippen molar-refractivity contribution in [2.24, 2.45) is 10.9 Å². The van der Waals surface area contributed by atoms with E-state index in [-0.39, 0.29) is 6.10 Å². The van der Waals surface area contributed by atoms with Crippen LogP contribution >= 0.6 is 11.8 Å². The van der Waals surface area contributed by atoms with Crippen LogP contribution in [0.1, 0.15) is 19.8 Å². The van der Waals surface area contributed by atoms with Crippen LogP contribution in [-0.4, -0.2) is 36.7 Å². The lowest BCUT2D eigenvalue weighted by Gasteiger charge is -2.11. The topological polar surface area (TPSA) is 33.6 Å². The number of hydrogen-bond donors (Lipinski definition) is 1. The quantitative estimate of drug-likeness (QED) is 0.770. The molecule has 0 aromatic heterocycles. The lowest BCUT2D eigenvalue weighted by molar-refractivity contribution is 0.121. The summed E-state index contributed by atoms with van der Waals surface area (Å²) < 4.78 is 5.17. The largest absolute Gasteiger partial charge is 0.380 e. The zero-order valence-corrected chi connectivity index (χ0v) is 9.64. The minimum atomic E-state index is 0.262. The van der Waals surface area contributed by atoms with E-state index < -0.39 is 0 Å². The normalized spacial score (nSPS) is 28.7. The van der Waals surface area contributed by atoms with Crippen molar-refractivity contribution in [1.29, 1.82) is 0 Å². The zero-order chi connectivity index (χ0) is 9.97. The third-order valence-electron chi connectivity index (χ3n) is 2.77. The molecular formula is C10H18N2OS. The number of ether oxygens (including phenoxy) is 1. The van der Waals surface area contributed by atoms with Gasteiger partial charge in [0.15, 0.2) is 5.17 Å². The molecule has 80 valence electrons. The van der Waals surface area contributed by atoms with Crippen molar-refractivity contribution in [2.45, 2.75) is 31.1 Å². The third-order valence-corrected chi connectivity index (χ3v) is 4.10. The summed E-state index contributed by atoms with van der Waals surface area (Å²) in [5, 5.41) is 5.21. The second-order valence-electron chi connectivity index (χ2n) is 4.07. The van der Waals surface area contributed by atoms with Crippen molar-refractivity contribution in [1.82, 2.24) is 5.32 Å². The molecular weight excluding hydrogens is 196 g/mol. The highest BCUT2D eigenvalue weighted by Gasteiger charge is 2.35. The Kier molecular flexibility index (Phi) is 3.34. The van der Waals surface area contributed by atoms with Crippen LogP contribution in [0.4, 0.5) is 0 Å². The van der Waals surface area contributed by atoms with Crippen molar-refractivity contribution in [3.63, 3.8) is 0 Å². The predicted molar refractivity (Wildman–Crippen MR) is 60.9 cm³/mol. The van der Waals surface area contributed by atoms with Gasteiger partial charge in [-0.05, 0) is 25.7 Å². The number of hydrogen-bond acceptors (Lipinski definition) is 4. The van der Waals surface area contributed by atoms with Gasteiger partial charge in [0, 0.05) is 18.9 Å². The predicted octanol–water partition coefficient (Wildman–Crippen LogP) is 1.49. The number of methoxy groups -OCH3 is 1. The number of aliphatic imine (C=N–C) groups is 1. The number of nitrogens with zero attached hydrogens (tertiary/aromatic N) is 1. The van der Waals surface area contributed by atoms with Gasteiger partial charge >= 0.3 is 0 Å². The summed E-state index contributed by atoms with van der Waals surface area (Å²) in [6, 6.07) is 0. The summed E-state index contributed by atoms with van der Waals surface area (Å²) in [5.41, 5.74) is 0. The lowest BCUT2D eigenvalue weighted by Crippen LogP contribution is -2.29. The van der Waals surface area contributed by atoms with Gasteiger partial charge in [-0.3, -0.25) is 4.99 Å². The molecule has 0 saturated heterocycles. The first-order chi connectivity index (χ1) is 6.79. The number of rotatable bonds is 4. The summed E-state index contributed by atoms with van der Waals surface area (Å²) in [7, 11) is 1.74. The molecule has 1 N–H and O–H groups in total. The van der Waals surface area contributed by atoms with E-state index in [0.717, 1.165) is 29.4 Å². The van der Waals surface area contributed by atoms with Crippen LogP contribution in [0.2, 0.25) is 0 Å². The summed E-state index contributed by atoms with van der Waals surface area (Å²) in [5.74, 6) is 0.947. The lowest BCUT2D eigenvalue weighted by atomic mass is 10.3. The maximum atomic E-state index is 5.17. The second kappa shape index (κ2) is 4.53. The SMILES string of the molecule is COC(C)CNC1=NCC(C2CC2)S1. The Bertz CT molecular complexity index is 228. The Morgan fingerprint density at radius 3 is 3.07 bits per heavy atom. The number of thioether (sulfide) groups is 1. The first-order valence-corrected chi connectivity index (χ1v) is 6.15. The van der Waals surface area contributed by atoms with Crippen LogP contribution in [-0.2, 0) is 4.74 Å². The van der Waals surface area contributed by atoms with Crippen LogP contribution in [0.5, 0.6) is 0 Å². The second-order valence-corrected chi connectivity index (χ2v) is 5.29. The number of nitrogens with one attached hydrogen (secondary N) is 1. The van der Waals surface area contributed by atoms with Crippen LogP contribution in [0.25, 0.3) is 0 Å². The van der Waals surface area contributed by atoms with E-state index in [1.807, 2.05) is 11.8 Å². The molecule has 4 heteroatoms. The van der Waals surface area contributed by atoms with Crippen LogP contribution in [0.3, 0.4) is 0 Å². The molecule has 0 aromatic carbocycles. The standard InChI is InChI=1S/C10H18N2OS/c1-7(13-2)5-11-10-12-6-9(14-10)8-3-4-8/h7-9H,3-6H2,1-2H3,(H,11,12). The highest BCUT2D eigenvalue weighted by atomic mass is 32.2. The molecule has 3 nitrogen and oxygen atoms in total. The molecule has 0 aromatic rings. The van der Waals surface area contributed by atoms with Gasteiger partial charge in [-0.2, -0.15) is 0 Å². The third kappa shape index (κ3) is 2.64. The first-order valence-electron chi connectivity index (χ1n) is 5.27. The monoisotopic (exact) mass is 214 g/mol. The Morgan fingerprint density at radius 2 is 2.43 bits per heavy atom. The minimum absolute atomic E-state index is 0.262. The van der Waals surface area contributed by atoms with E-state index >= 15 is 0 Å². The van der Waals surface area contributed by atoms with E-state index in [9.17, 15) is 0 Å². The van der Waals surface area contributed by atoms with Gasteiger partial charge < -0.3 is 10.1 Å². The average Bonchev–Trinajstić information content (AvgIpc) is 2.95. The highest BCUT2D eigenvalue weighted by Crippen LogP contribution is 2.41. The fourth-order valence-electron chi connectivity index (χ4n) is 1.52. The van der Waals surface area contributed by atoms with Gasteiger partial charge in [0.1, 0.15) is 0 Å². The maximum Gasteiger partial charge on any atom is 0.157 e. The highest BCUT2D eigenvalue weighted by molar-refractivity contribution is 8.14. The zero-order valence-electron chi connectivity index (χ0n) is 8.82. The molecule has 0 bridgehead atoms. The fraction of sp³-hybridized carbons (Fsp3) is 0.900. The van der Waals surface area contributed by atoms with E-state index in [4.69, 9.17) is 4.74 Å². The molecule has 1 aliphatic carbocycles. The molecule has 1 fully saturated rings. The molecule has 1 aliphatic heterocycles. The molecule has 2 atom stereocenters. The summed E-state index contributed by atoms with van der Waals surface area (Å²) >= 11 is 1.92. The molecule has 2 aliphatic rings. The van der Waals surface area contributed by atoms with E-state index in [1.54, 1.807) is 7.11 Å². The maximum absolute atomic E-state index is 5.17. The Balaban J connectivity index is 1.67. The van der Waals surface area contributed by atoms with Gasteiger partial charge in [0.2, 0.25) is 0 Å². The molecule has 2 unspecified atom stereocenters. The minimum Gasteiger partial charge on any atom is -0.380 e. The first kappa shape index (κ1) is 10.3. The Hall–Kier alpha value is -0.220. The van der Waals surface area contributed by atoms with Gasteiger partial charge in [-0.25, -0.2) is 0 Å². The Labute approximate surface area is 89.7 Å². The van der Waals surface area contributed by atoms with Crippen molar-refractivity contribution < 1.29 is 4.74 Å². The van der Waals surface area contributed by atoms with Crippen LogP contribution < -0.4 is 5.32 Å². The number of amidine groups is 1.